The Hall–Kier alpha value is 0.430. The van der Waals surface area contributed by atoms with Crippen LogP contribution in [0.3, 0.4) is 0 Å². The smallest absolute Gasteiger partial charge is 0.0594 e. The van der Waals surface area contributed by atoms with E-state index in [1.165, 1.54) is 225 Å². The maximum atomic E-state index is 2.42. The van der Waals surface area contributed by atoms with Gasteiger partial charge >= 0.3 is 0 Å². The van der Waals surface area contributed by atoms with Gasteiger partial charge in [0.05, 0.1) is 24.6 Å². The standard InChI is InChI=1S/C47H98P/c1-5-9-13-16-19-22-25-28-31-34-37-41-45-48(44-40-12-8-4,46-42-38-35-32-29-26-23-20-17-14-10-6-2)47-43-39-36-33-30-27-24-21-18-15-11-7-3/h5-47H2,1-4H3/q+1. The zero-order valence-electron chi connectivity index (χ0n) is 34.9. The molecule has 0 aliphatic rings. The number of hydrogen-bond donors (Lipinski definition) is 0. The molecule has 0 aliphatic carbocycles. The molecule has 0 bridgehead atoms. The van der Waals surface area contributed by atoms with Gasteiger partial charge in [-0.3, -0.25) is 0 Å². The van der Waals surface area contributed by atoms with Gasteiger partial charge in [-0.2, -0.15) is 0 Å². The van der Waals surface area contributed by atoms with Crippen LogP contribution in [0.4, 0.5) is 0 Å². The molecule has 0 unspecified atom stereocenters. The molecular weight excluding hydrogens is 595 g/mol. The number of rotatable bonds is 43. The van der Waals surface area contributed by atoms with Crippen molar-refractivity contribution in [3.05, 3.63) is 0 Å². The van der Waals surface area contributed by atoms with Crippen molar-refractivity contribution in [1.29, 1.82) is 0 Å². The van der Waals surface area contributed by atoms with Crippen LogP contribution in [0, 0.1) is 0 Å². The summed E-state index contributed by atoms with van der Waals surface area (Å²) in [5, 5.41) is 0. The SMILES string of the molecule is CCCCCCCCCCCCCC[P+](CCCCC)(CCCCCCCCCCCCCC)CCCCCCCCCCCCCC. The van der Waals surface area contributed by atoms with E-state index in [4.69, 9.17) is 0 Å². The molecule has 0 N–H and O–H groups in total. The maximum absolute atomic E-state index is 2.42. The Morgan fingerprint density at radius 1 is 0.167 bits per heavy atom. The second-order valence-electron chi connectivity index (χ2n) is 16.6. The van der Waals surface area contributed by atoms with Crippen molar-refractivity contribution in [2.24, 2.45) is 0 Å². The monoisotopic (exact) mass is 694 g/mol. The molecule has 0 aromatic rings. The summed E-state index contributed by atoms with van der Waals surface area (Å²) < 4.78 is 0. The Bertz CT molecular complexity index is 486. The van der Waals surface area contributed by atoms with E-state index in [-0.39, 0.29) is 0 Å². The topological polar surface area (TPSA) is 0 Å². The fourth-order valence-electron chi connectivity index (χ4n) is 8.23. The lowest BCUT2D eigenvalue weighted by Crippen LogP contribution is -2.13. The summed E-state index contributed by atoms with van der Waals surface area (Å²) in [5.74, 6) is 0. The van der Waals surface area contributed by atoms with Crippen molar-refractivity contribution in [2.45, 2.75) is 278 Å². The molecule has 0 heterocycles. The van der Waals surface area contributed by atoms with Gasteiger partial charge < -0.3 is 0 Å². The number of hydrogen-bond acceptors (Lipinski definition) is 0. The van der Waals surface area contributed by atoms with Gasteiger partial charge in [0.15, 0.2) is 0 Å². The van der Waals surface area contributed by atoms with Crippen molar-refractivity contribution in [2.75, 3.05) is 24.6 Å². The normalized spacial score (nSPS) is 12.0. The van der Waals surface area contributed by atoms with Gasteiger partial charge in [-0.1, -0.05) is 233 Å². The highest BCUT2D eigenvalue weighted by Gasteiger charge is 2.34. The quantitative estimate of drug-likeness (QED) is 0.0440. The van der Waals surface area contributed by atoms with Gasteiger partial charge in [0.1, 0.15) is 0 Å². The van der Waals surface area contributed by atoms with Crippen LogP contribution in [0.15, 0.2) is 0 Å². The highest BCUT2D eigenvalue weighted by Crippen LogP contribution is 2.61. The predicted octanol–water partition coefficient (Wildman–Crippen LogP) is 18.3. The second-order valence-corrected chi connectivity index (χ2v) is 21.1. The lowest BCUT2D eigenvalue weighted by molar-refractivity contribution is 0.546. The van der Waals surface area contributed by atoms with E-state index >= 15 is 0 Å². The van der Waals surface area contributed by atoms with Crippen molar-refractivity contribution >= 4 is 7.26 Å². The van der Waals surface area contributed by atoms with Crippen molar-refractivity contribution in [1.82, 2.24) is 0 Å². The molecule has 0 atom stereocenters. The first-order valence-electron chi connectivity index (χ1n) is 23.6. The van der Waals surface area contributed by atoms with Crippen LogP contribution in [0.2, 0.25) is 0 Å². The fourth-order valence-corrected chi connectivity index (χ4v) is 13.2. The van der Waals surface area contributed by atoms with Crippen LogP contribution in [-0.2, 0) is 0 Å². The molecule has 0 saturated carbocycles. The summed E-state index contributed by atoms with van der Waals surface area (Å²) in [6, 6.07) is 0. The second kappa shape index (κ2) is 41.8. The predicted molar refractivity (Wildman–Crippen MR) is 229 cm³/mol. The third-order valence-electron chi connectivity index (χ3n) is 11.7. The summed E-state index contributed by atoms with van der Waals surface area (Å²) >= 11 is 0. The van der Waals surface area contributed by atoms with E-state index in [0.717, 1.165) is 0 Å². The summed E-state index contributed by atoms with van der Waals surface area (Å²) in [7, 11) is -0.765. The van der Waals surface area contributed by atoms with E-state index in [0.29, 0.717) is 0 Å². The molecule has 0 fully saturated rings. The van der Waals surface area contributed by atoms with Gasteiger partial charge in [0, 0.05) is 7.26 Å². The minimum atomic E-state index is -0.765. The Kier molecular flexibility index (Phi) is 42.2. The Labute approximate surface area is 309 Å². The van der Waals surface area contributed by atoms with Gasteiger partial charge in [-0.25, -0.2) is 0 Å². The van der Waals surface area contributed by atoms with E-state index in [9.17, 15) is 0 Å². The van der Waals surface area contributed by atoms with Crippen molar-refractivity contribution in [3.63, 3.8) is 0 Å². The average Bonchev–Trinajstić information content (AvgIpc) is 3.09. The highest BCUT2D eigenvalue weighted by molar-refractivity contribution is 7.75. The zero-order chi connectivity index (χ0) is 34.9. The molecule has 1 heteroatoms. The third-order valence-corrected chi connectivity index (χ3v) is 16.8. The lowest BCUT2D eigenvalue weighted by Gasteiger charge is -2.28. The average molecular weight is 694 g/mol. The molecule has 0 rings (SSSR count). The van der Waals surface area contributed by atoms with E-state index in [1.807, 2.05) is 0 Å². The lowest BCUT2D eigenvalue weighted by atomic mass is 10.1. The van der Waals surface area contributed by atoms with Crippen LogP contribution >= 0.6 is 7.26 Å². The van der Waals surface area contributed by atoms with Crippen LogP contribution in [-0.4, -0.2) is 24.6 Å². The highest BCUT2D eigenvalue weighted by atomic mass is 31.2. The molecule has 0 spiro atoms. The minimum Gasteiger partial charge on any atom is -0.0654 e. The maximum Gasteiger partial charge on any atom is 0.0594 e. The molecule has 0 radical (unpaired) electrons. The Balaban J connectivity index is 4.54. The molecule has 0 saturated heterocycles. The summed E-state index contributed by atoms with van der Waals surface area (Å²) in [4.78, 5) is 0. The van der Waals surface area contributed by atoms with Crippen LogP contribution in [0.25, 0.3) is 0 Å². The van der Waals surface area contributed by atoms with Crippen molar-refractivity contribution in [3.8, 4) is 0 Å². The first-order valence-corrected chi connectivity index (χ1v) is 26.1. The van der Waals surface area contributed by atoms with E-state index < -0.39 is 7.26 Å². The zero-order valence-corrected chi connectivity index (χ0v) is 35.7. The van der Waals surface area contributed by atoms with Crippen LogP contribution in [0.5, 0.6) is 0 Å². The van der Waals surface area contributed by atoms with E-state index in [2.05, 4.69) is 27.7 Å². The molecular formula is C47H98P+. The van der Waals surface area contributed by atoms with Gasteiger partial charge in [-0.15, -0.1) is 0 Å². The first kappa shape index (κ1) is 48.4. The molecule has 0 aliphatic heterocycles. The Morgan fingerprint density at radius 2 is 0.292 bits per heavy atom. The van der Waals surface area contributed by atoms with Crippen molar-refractivity contribution < 1.29 is 0 Å². The van der Waals surface area contributed by atoms with Gasteiger partial charge in [-0.05, 0) is 44.9 Å². The van der Waals surface area contributed by atoms with Gasteiger partial charge in [0.25, 0.3) is 0 Å². The fraction of sp³-hybridized carbons (Fsp3) is 1.00. The largest absolute Gasteiger partial charge is 0.0654 e. The Morgan fingerprint density at radius 3 is 0.479 bits per heavy atom. The minimum absolute atomic E-state index is 0.765. The number of unbranched alkanes of at least 4 members (excludes halogenated alkanes) is 35. The van der Waals surface area contributed by atoms with Gasteiger partial charge in [0.2, 0.25) is 0 Å². The first-order chi connectivity index (χ1) is 23.7. The van der Waals surface area contributed by atoms with Crippen LogP contribution in [0.1, 0.15) is 278 Å². The molecule has 0 nitrogen and oxygen atoms in total. The molecule has 0 aromatic heterocycles. The van der Waals surface area contributed by atoms with Crippen LogP contribution < -0.4 is 0 Å². The molecule has 0 amide bonds. The molecule has 0 aromatic carbocycles. The summed E-state index contributed by atoms with van der Waals surface area (Å²) in [5.41, 5.74) is 0. The molecule has 290 valence electrons. The summed E-state index contributed by atoms with van der Waals surface area (Å²) in [6.07, 6.45) is 64.7. The summed E-state index contributed by atoms with van der Waals surface area (Å²) in [6.45, 7) is 9.41. The molecule has 48 heavy (non-hydrogen) atoms. The third kappa shape index (κ3) is 36.2. The van der Waals surface area contributed by atoms with E-state index in [1.54, 1.807) is 50.3 Å².